The van der Waals surface area contributed by atoms with E-state index in [-0.39, 0.29) is 37.5 Å². The minimum Gasteiger partial charge on any atom is -0.484 e. The first-order chi connectivity index (χ1) is 9.69. The van der Waals surface area contributed by atoms with Crippen molar-refractivity contribution in [1.29, 1.82) is 0 Å². The molecule has 0 bridgehead atoms. The summed E-state index contributed by atoms with van der Waals surface area (Å²) >= 11 is 0. The fraction of sp³-hybridized carbons (Fsp3) is 0.429. The Bertz CT molecular complexity index is 486. The lowest BCUT2D eigenvalue weighted by molar-refractivity contribution is -0.123. The number of anilines is 1. The number of carbonyl (C=O) groups is 2. The summed E-state index contributed by atoms with van der Waals surface area (Å²) in [5.41, 5.74) is 0.662. The molecule has 1 aliphatic rings. The molecule has 3 N–H and O–H groups in total. The Balaban J connectivity index is 1.82. The molecule has 0 saturated heterocycles. The topological polar surface area (TPSA) is 87.7 Å². The van der Waals surface area contributed by atoms with Crippen molar-refractivity contribution in [2.45, 2.75) is 12.8 Å². The van der Waals surface area contributed by atoms with E-state index in [9.17, 15) is 9.59 Å². The molecule has 0 aromatic heterocycles. The van der Waals surface area contributed by atoms with Gasteiger partial charge < -0.3 is 20.5 Å². The molecule has 1 aliphatic carbocycles. The monoisotopic (exact) mass is 278 g/mol. The van der Waals surface area contributed by atoms with Crippen molar-refractivity contribution in [2.24, 2.45) is 5.92 Å². The van der Waals surface area contributed by atoms with E-state index >= 15 is 0 Å². The maximum atomic E-state index is 11.6. The van der Waals surface area contributed by atoms with Crippen LogP contribution in [0.5, 0.6) is 5.75 Å². The van der Waals surface area contributed by atoms with Gasteiger partial charge in [0.1, 0.15) is 5.75 Å². The van der Waals surface area contributed by atoms with E-state index in [1.807, 2.05) is 0 Å². The number of aliphatic hydroxyl groups excluding tert-OH is 1. The van der Waals surface area contributed by atoms with E-state index in [1.165, 1.54) is 0 Å². The zero-order valence-electron chi connectivity index (χ0n) is 11.1. The minimum absolute atomic E-state index is 0.0304. The largest absolute Gasteiger partial charge is 0.484 e. The Morgan fingerprint density at radius 3 is 2.85 bits per heavy atom. The highest BCUT2D eigenvalue weighted by atomic mass is 16.5. The number of rotatable bonds is 7. The number of hydrogen-bond donors (Lipinski definition) is 3. The Morgan fingerprint density at radius 2 is 2.15 bits per heavy atom. The first-order valence-corrected chi connectivity index (χ1v) is 6.60. The quantitative estimate of drug-likeness (QED) is 0.678. The number of ether oxygens (including phenoxy) is 1. The van der Waals surface area contributed by atoms with Crippen LogP contribution < -0.4 is 15.4 Å². The van der Waals surface area contributed by atoms with Crippen LogP contribution in [0, 0.1) is 5.92 Å². The molecule has 6 nitrogen and oxygen atoms in total. The maximum absolute atomic E-state index is 11.6. The molecule has 0 radical (unpaired) electrons. The highest BCUT2D eigenvalue weighted by molar-refractivity contribution is 5.94. The molecule has 0 unspecified atom stereocenters. The van der Waals surface area contributed by atoms with Gasteiger partial charge >= 0.3 is 0 Å². The lowest BCUT2D eigenvalue weighted by atomic mass is 10.3. The van der Waals surface area contributed by atoms with E-state index in [1.54, 1.807) is 24.3 Å². The van der Waals surface area contributed by atoms with Crippen molar-refractivity contribution >= 4 is 17.5 Å². The third-order valence-electron chi connectivity index (χ3n) is 2.85. The highest BCUT2D eigenvalue weighted by Crippen LogP contribution is 2.30. The molecule has 0 aliphatic heterocycles. The molecular formula is C14H18N2O4. The van der Waals surface area contributed by atoms with Crippen LogP contribution in [0.15, 0.2) is 24.3 Å². The van der Waals surface area contributed by atoms with Gasteiger partial charge in [0.15, 0.2) is 6.61 Å². The maximum Gasteiger partial charge on any atom is 0.258 e. The van der Waals surface area contributed by atoms with Gasteiger partial charge in [-0.3, -0.25) is 9.59 Å². The van der Waals surface area contributed by atoms with Gasteiger partial charge in [0, 0.05) is 24.2 Å². The number of hydrogen-bond acceptors (Lipinski definition) is 4. The van der Waals surface area contributed by atoms with Crippen LogP contribution in [0.3, 0.4) is 0 Å². The Morgan fingerprint density at radius 1 is 1.35 bits per heavy atom. The normalized spacial score (nSPS) is 13.7. The summed E-state index contributed by atoms with van der Waals surface area (Å²) in [6.07, 6.45) is 1.90. The summed E-state index contributed by atoms with van der Waals surface area (Å²) in [7, 11) is 0. The first-order valence-electron chi connectivity index (χ1n) is 6.60. The lowest BCUT2D eigenvalue weighted by Crippen LogP contribution is -2.31. The molecule has 1 fully saturated rings. The van der Waals surface area contributed by atoms with Crippen LogP contribution in [0.4, 0.5) is 5.69 Å². The van der Waals surface area contributed by atoms with E-state index < -0.39 is 0 Å². The average Bonchev–Trinajstić information content (AvgIpc) is 3.28. The van der Waals surface area contributed by atoms with Crippen LogP contribution in [0.25, 0.3) is 0 Å². The molecule has 20 heavy (non-hydrogen) atoms. The molecule has 2 amide bonds. The molecule has 1 saturated carbocycles. The third kappa shape index (κ3) is 4.55. The standard InChI is InChI=1S/C14H18N2O4/c17-7-6-15-13(18)9-20-12-3-1-2-11(8-12)16-14(19)10-4-5-10/h1-3,8,10,17H,4-7,9H2,(H,15,18)(H,16,19). The fourth-order valence-corrected chi connectivity index (χ4v) is 1.65. The minimum atomic E-state index is -0.300. The molecule has 1 aromatic rings. The Kier molecular flexibility index (Phi) is 4.95. The molecule has 6 heteroatoms. The van der Waals surface area contributed by atoms with Crippen LogP contribution in [-0.2, 0) is 9.59 Å². The number of aliphatic hydroxyl groups is 1. The summed E-state index contributed by atoms with van der Waals surface area (Å²) in [6.45, 7) is -0.0197. The number of carbonyl (C=O) groups excluding carboxylic acids is 2. The second kappa shape index (κ2) is 6.91. The van der Waals surface area contributed by atoms with Crippen molar-refractivity contribution in [3.63, 3.8) is 0 Å². The van der Waals surface area contributed by atoms with Crippen molar-refractivity contribution in [3.05, 3.63) is 24.3 Å². The zero-order chi connectivity index (χ0) is 14.4. The molecule has 1 aromatic carbocycles. The Labute approximate surface area is 117 Å². The summed E-state index contributed by atoms with van der Waals surface area (Å²) in [6, 6.07) is 6.92. The van der Waals surface area contributed by atoms with Crippen molar-refractivity contribution < 1.29 is 19.4 Å². The molecule has 0 spiro atoms. The lowest BCUT2D eigenvalue weighted by Gasteiger charge is -2.09. The first kappa shape index (κ1) is 14.3. The predicted molar refractivity (Wildman–Crippen MR) is 73.4 cm³/mol. The number of amides is 2. The van der Waals surface area contributed by atoms with Crippen molar-refractivity contribution in [3.8, 4) is 5.75 Å². The van der Waals surface area contributed by atoms with Gasteiger partial charge in [-0.05, 0) is 25.0 Å². The van der Waals surface area contributed by atoms with E-state index in [0.29, 0.717) is 11.4 Å². The van der Waals surface area contributed by atoms with Gasteiger partial charge in [-0.15, -0.1) is 0 Å². The molecule has 0 heterocycles. The van der Waals surface area contributed by atoms with Crippen molar-refractivity contribution in [2.75, 3.05) is 25.1 Å². The Hall–Kier alpha value is -2.08. The van der Waals surface area contributed by atoms with Gasteiger partial charge in [0.25, 0.3) is 5.91 Å². The van der Waals surface area contributed by atoms with Gasteiger partial charge in [-0.25, -0.2) is 0 Å². The van der Waals surface area contributed by atoms with Gasteiger partial charge in [-0.2, -0.15) is 0 Å². The summed E-state index contributed by atoms with van der Waals surface area (Å²) in [5.74, 6) is 0.385. The SMILES string of the molecule is O=C(COc1cccc(NC(=O)C2CC2)c1)NCCO. The van der Waals surface area contributed by atoms with Gasteiger partial charge in [0.05, 0.1) is 6.61 Å². The van der Waals surface area contributed by atoms with Crippen LogP contribution in [-0.4, -0.2) is 36.7 Å². The van der Waals surface area contributed by atoms with Crippen LogP contribution in [0.1, 0.15) is 12.8 Å². The van der Waals surface area contributed by atoms with Gasteiger partial charge in [-0.1, -0.05) is 6.07 Å². The van der Waals surface area contributed by atoms with Crippen LogP contribution >= 0.6 is 0 Å². The highest BCUT2D eigenvalue weighted by Gasteiger charge is 2.29. The summed E-state index contributed by atoms with van der Waals surface area (Å²) in [4.78, 5) is 22.9. The van der Waals surface area contributed by atoms with E-state index in [2.05, 4.69) is 10.6 Å². The van der Waals surface area contributed by atoms with E-state index in [0.717, 1.165) is 12.8 Å². The average molecular weight is 278 g/mol. The molecule has 0 atom stereocenters. The smallest absolute Gasteiger partial charge is 0.258 e. The number of benzene rings is 1. The third-order valence-corrected chi connectivity index (χ3v) is 2.85. The predicted octanol–water partition coefficient (Wildman–Crippen LogP) is 0.522. The molecule has 108 valence electrons. The molecular weight excluding hydrogens is 260 g/mol. The fourth-order valence-electron chi connectivity index (χ4n) is 1.65. The second-order valence-corrected chi connectivity index (χ2v) is 4.65. The zero-order valence-corrected chi connectivity index (χ0v) is 11.1. The van der Waals surface area contributed by atoms with E-state index in [4.69, 9.17) is 9.84 Å². The molecule has 2 rings (SSSR count). The van der Waals surface area contributed by atoms with Crippen LogP contribution in [0.2, 0.25) is 0 Å². The number of nitrogens with one attached hydrogen (secondary N) is 2. The second-order valence-electron chi connectivity index (χ2n) is 4.65. The summed E-state index contributed by atoms with van der Waals surface area (Å²) in [5, 5.41) is 13.9. The summed E-state index contributed by atoms with van der Waals surface area (Å²) < 4.78 is 5.32. The van der Waals surface area contributed by atoms with Crippen molar-refractivity contribution in [1.82, 2.24) is 5.32 Å². The van der Waals surface area contributed by atoms with Gasteiger partial charge in [0.2, 0.25) is 5.91 Å².